The van der Waals surface area contributed by atoms with Crippen molar-refractivity contribution in [2.24, 2.45) is 0 Å². The Kier molecular flexibility index (Phi) is 5.49. The average molecular weight is 393 g/mol. The minimum Gasteiger partial charge on any atom is -0.389 e. The van der Waals surface area contributed by atoms with Gasteiger partial charge in [-0.3, -0.25) is 4.79 Å². The Morgan fingerprint density at radius 3 is 2.66 bits per heavy atom. The Hall–Kier alpha value is -2.93. The largest absolute Gasteiger partial charge is 0.389 e. The van der Waals surface area contributed by atoms with Crippen molar-refractivity contribution in [3.63, 3.8) is 0 Å². The quantitative estimate of drug-likeness (QED) is 0.618. The summed E-state index contributed by atoms with van der Waals surface area (Å²) in [6.45, 7) is 3.35. The molecule has 0 bridgehead atoms. The fourth-order valence-corrected chi connectivity index (χ4v) is 4.16. The van der Waals surface area contributed by atoms with Crippen LogP contribution >= 0.6 is 0 Å². The standard InChI is InChI=1S/C22H27N5O2/c1-14(28)18-4-3-5-20-19(18)11-13-27(20)21-10-12-23-22(26-21)25-17-8-6-16(7-9-17)24-15(2)29/h3-5,10-14,16-17,28H,6-9H2,1-2H3,(H,24,29)(H,23,25,26)/t14?,16-,17-. The van der Waals surface area contributed by atoms with Crippen LogP contribution < -0.4 is 10.6 Å². The van der Waals surface area contributed by atoms with Crippen molar-refractivity contribution >= 4 is 22.8 Å². The molecule has 1 saturated carbocycles. The van der Waals surface area contributed by atoms with Crippen LogP contribution in [-0.2, 0) is 4.79 Å². The molecule has 1 amide bonds. The molecule has 1 fully saturated rings. The lowest BCUT2D eigenvalue weighted by atomic mass is 9.91. The van der Waals surface area contributed by atoms with Gasteiger partial charge in [0.1, 0.15) is 5.82 Å². The van der Waals surface area contributed by atoms with E-state index in [0.717, 1.165) is 48.0 Å². The molecular weight excluding hydrogens is 366 g/mol. The third-order valence-electron chi connectivity index (χ3n) is 5.57. The second-order valence-electron chi connectivity index (χ2n) is 7.77. The van der Waals surface area contributed by atoms with Crippen LogP contribution in [0.5, 0.6) is 0 Å². The molecular formula is C22H27N5O2. The molecule has 7 heteroatoms. The van der Waals surface area contributed by atoms with Gasteiger partial charge in [0.2, 0.25) is 11.9 Å². The Morgan fingerprint density at radius 2 is 1.93 bits per heavy atom. The molecule has 152 valence electrons. The van der Waals surface area contributed by atoms with Crippen LogP contribution in [0.25, 0.3) is 16.7 Å². The predicted octanol–water partition coefficient (Wildman–Crippen LogP) is 3.33. The van der Waals surface area contributed by atoms with Gasteiger partial charge in [-0.15, -0.1) is 0 Å². The lowest BCUT2D eigenvalue weighted by Crippen LogP contribution is -2.39. The van der Waals surface area contributed by atoms with E-state index >= 15 is 0 Å². The molecule has 29 heavy (non-hydrogen) atoms. The van der Waals surface area contributed by atoms with Crippen LogP contribution in [0.4, 0.5) is 5.95 Å². The minimum atomic E-state index is -0.523. The Morgan fingerprint density at radius 1 is 1.17 bits per heavy atom. The number of fused-ring (bicyclic) bond motifs is 1. The van der Waals surface area contributed by atoms with Gasteiger partial charge in [0.25, 0.3) is 0 Å². The molecule has 3 N–H and O–H groups in total. The SMILES string of the molecule is CC(=O)N[C@H]1CC[C@H](Nc2nccc(-n3ccc4c(C(C)O)cccc43)n2)CC1. The first-order valence-corrected chi connectivity index (χ1v) is 10.2. The smallest absolute Gasteiger partial charge is 0.224 e. The number of carbonyl (C=O) groups is 1. The third kappa shape index (κ3) is 4.24. The van der Waals surface area contributed by atoms with Gasteiger partial charge in [0, 0.05) is 36.8 Å². The molecule has 1 aliphatic carbocycles. The number of benzene rings is 1. The number of nitrogens with one attached hydrogen (secondary N) is 2. The third-order valence-corrected chi connectivity index (χ3v) is 5.57. The Labute approximate surface area is 170 Å². The van der Waals surface area contributed by atoms with E-state index in [4.69, 9.17) is 4.98 Å². The molecule has 7 nitrogen and oxygen atoms in total. The number of carbonyl (C=O) groups excluding carboxylic acids is 1. The first-order chi connectivity index (χ1) is 14.0. The monoisotopic (exact) mass is 393 g/mol. The molecule has 1 atom stereocenters. The van der Waals surface area contributed by atoms with E-state index in [1.165, 1.54) is 0 Å². The zero-order valence-electron chi connectivity index (χ0n) is 16.8. The minimum absolute atomic E-state index is 0.0372. The molecule has 2 heterocycles. The summed E-state index contributed by atoms with van der Waals surface area (Å²) >= 11 is 0. The fraction of sp³-hybridized carbons (Fsp3) is 0.409. The lowest BCUT2D eigenvalue weighted by Gasteiger charge is -2.29. The van der Waals surface area contributed by atoms with Gasteiger partial charge in [-0.25, -0.2) is 4.98 Å². The van der Waals surface area contributed by atoms with E-state index in [2.05, 4.69) is 15.6 Å². The number of nitrogens with zero attached hydrogens (tertiary/aromatic N) is 3. The van der Waals surface area contributed by atoms with Gasteiger partial charge >= 0.3 is 0 Å². The van der Waals surface area contributed by atoms with Crippen molar-refractivity contribution in [2.45, 2.75) is 57.7 Å². The summed E-state index contributed by atoms with van der Waals surface area (Å²) in [5, 5.41) is 17.5. The van der Waals surface area contributed by atoms with Crippen LogP contribution in [0.2, 0.25) is 0 Å². The summed E-state index contributed by atoms with van der Waals surface area (Å²) in [4.78, 5) is 20.3. The first-order valence-electron chi connectivity index (χ1n) is 10.2. The second kappa shape index (κ2) is 8.21. The Balaban J connectivity index is 1.51. The average Bonchev–Trinajstić information content (AvgIpc) is 3.13. The van der Waals surface area contributed by atoms with Crippen molar-refractivity contribution in [3.8, 4) is 5.82 Å². The highest BCUT2D eigenvalue weighted by atomic mass is 16.3. The van der Waals surface area contributed by atoms with Gasteiger partial charge < -0.3 is 20.3 Å². The zero-order valence-corrected chi connectivity index (χ0v) is 16.8. The number of hydrogen-bond acceptors (Lipinski definition) is 5. The van der Waals surface area contributed by atoms with Gasteiger partial charge in [-0.1, -0.05) is 12.1 Å². The molecule has 4 rings (SSSR count). The molecule has 0 radical (unpaired) electrons. The maximum atomic E-state index is 11.2. The first kappa shape index (κ1) is 19.4. The van der Waals surface area contributed by atoms with Crippen molar-refractivity contribution in [1.82, 2.24) is 19.9 Å². The maximum absolute atomic E-state index is 11.2. The van der Waals surface area contributed by atoms with E-state index in [9.17, 15) is 9.90 Å². The maximum Gasteiger partial charge on any atom is 0.224 e. The number of amides is 1. The summed E-state index contributed by atoms with van der Waals surface area (Å²) in [7, 11) is 0. The molecule has 1 unspecified atom stereocenters. The summed E-state index contributed by atoms with van der Waals surface area (Å²) < 4.78 is 2.02. The second-order valence-corrected chi connectivity index (χ2v) is 7.77. The van der Waals surface area contributed by atoms with E-state index in [0.29, 0.717) is 12.0 Å². The summed E-state index contributed by atoms with van der Waals surface area (Å²) in [5.41, 5.74) is 1.91. The van der Waals surface area contributed by atoms with Crippen molar-refractivity contribution in [1.29, 1.82) is 0 Å². The normalized spacial score (nSPS) is 20.4. The molecule has 1 aromatic carbocycles. The lowest BCUT2D eigenvalue weighted by molar-refractivity contribution is -0.119. The van der Waals surface area contributed by atoms with Crippen LogP contribution in [0.1, 0.15) is 51.2 Å². The highest BCUT2D eigenvalue weighted by molar-refractivity contribution is 5.85. The Bertz CT molecular complexity index is 1010. The molecule has 0 aliphatic heterocycles. The number of rotatable bonds is 5. The number of hydrogen-bond donors (Lipinski definition) is 3. The van der Waals surface area contributed by atoms with Gasteiger partial charge in [0.05, 0.1) is 11.6 Å². The number of aliphatic hydroxyl groups excluding tert-OH is 1. The van der Waals surface area contributed by atoms with Crippen LogP contribution in [-0.4, -0.2) is 37.6 Å². The molecule has 2 aromatic heterocycles. The van der Waals surface area contributed by atoms with E-state index in [1.807, 2.05) is 41.1 Å². The van der Waals surface area contributed by atoms with Gasteiger partial charge in [0.15, 0.2) is 0 Å². The summed E-state index contributed by atoms with van der Waals surface area (Å²) in [6.07, 6.45) is 7.08. The van der Waals surface area contributed by atoms with Crippen LogP contribution in [0.15, 0.2) is 42.7 Å². The fourth-order valence-electron chi connectivity index (χ4n) is 4.16. The van der Waals surface area contributed by atoms with Gasteiger partial charge in [-0.05, 0) is 56.4 Å². The topological polar surface area (TPSA) is 92.1 Å². The highest BCUT2D eigenvalue weighted by Gasteiger charge is 2.22. The number of aliphatic hydroxyl groups is 1. The van der Waals surface area contributed by atoms with Crippen LogP contribution in [0, 0.1) is 0 Å². The summed E-state index contributed by atoms with van der Waals surface area (Å²) in [6, 6.07) is 10.4. The number of aromatic nitrogens is 3. The number of anilines is 1. The highest BCUT2D eigenvalue weighted by Crippen LogP contribution is 2.27. The van der Waals surface area contributed by atoms with Crippen molar-refractivity contribution in [3.05, 3.63) is 48.3 Å². The van der Waals surface area contributed by atoms with E-state index in [1.54, 1.807) is 20.0 Å². The van der Waals surface area contributed by atoms with Crippen molar-refractivity contribution < 1.29 is 9.90 Å². The molecule has 1 aliphatic rings. The summed E-state index contributed by atoms with van der Waals surface area (Å²) in [5.74, 6) is 1.43. The molecule has 0 saturated heterocycles. The van der Waals surface area contributed by atoms with Crippen LogP contribution in [0.3, 0.4) is 0 Å². The zero-order chi connectivity index (χ0) is 20.4. The molecule has 3 aromatic rings. The van der Waals surface area contributed by atoms with E-state index < -0.39 is 6.10 Å². The van der Waals surface area contributed by atoms with Crippen molar-refractivity contribution in [2.75, 3.05) is 5.32 Å². The van der Waals surface area contributed by atoms with Gasteiger partial charge in [-0.2, -0.15) is 4.98 Å². The predicted molar refractivity (Wildman–Crippen MR) is 113 cm³/mol. The van der Waals surface area contributed by atoms with E-state index in [-0.39, 0.29) is 11.9 Å². The molecule has 0 spiro atoms.